The molecule has 5 heteroatoms. The summed E-state index contributed by atoms with van der Waals surface area (Å²) in [6.45, 7) is 9.71. The molecule has 102 valence electrons. The molecule has 0 rings (SSSR count). The molecular formula is C12H24O5. The summed E-state index contributed by atoms with van der Waals surface area (Å²) in [5, 5.41) is 4.44. The molecule has 0 aliphatic rings. The Kier molecular flexibility index (Phi) is 8.12. The molecule has 0 N–H and O–H groups in total. The third-order valence-electron chi connectivity index (χ3n) is 1.85. The van der Waals surface area contributed by atoms with Gasteiger partial charge in [-0.05, 0) is 39.2 Å². The van der Waals surface area contributed by atoms with E-state index >= 15 is 0 Å². The molecule has 0 fully saturated rings. The van der Waals surface area contributed by atoms with E-state index in [-0.39, 0.29) is 0 Å². The molecule has 0 aliphatic heterocycles. The van der Waals surface area contributed by atoms with E-state index < -0.39 is 17.7 Å². The molecule has 0 bridgehead atoms. The van der Waals surface area contributed by atoms with Crippen molar-refractivity contribution in [2.75, 3.05) is 6.61 Å². The topological polar surface area (TPSA) is 54.0 Å². The van der Waals surface area contributed by atoms with Gasteiger partial charge in [-0.15, -0.1) is 0 Å². The largest absolute Gasteiger partial charge is 0.374 e. The van der Waals surface area contributed by atoms with Crippen molar-refractivity contribution in [2.24, 2.45) is 0 Å². The minimum Gasteiger partial charge on any atom is -0.367 e. The first-order chi connectivity index (χ1) is 7.90. The zero-order valence-electron chi connectivity index (χ0n) is 11.4. The first-order valence-corrected chi connectivity index (χ1v) is 6.08. The second-order valence-electron chi connectivity index (χ2n) is 4.75. The molecule has 17 heavy (non-hydrogen) atoms. The van der Waals surface area contributed by atoms with E-state index in [1.54, 1.807) is 20.8 Å². The number of carbonyl (C=O) groups is 1. The predicted octanol–water partition coefficient (Wildman–Crippen LogP) is 2.79. The van der Waals surface area contributed by atoms with Crippen LogP contribution in [0.1, 0.15) is 53.9 Å². The molecular weight excluding hydrogens is 224 g/mol. The lowest BCUT2D eigenvalue weighted by atomic mass is 10.1. The molecule has 0 heterocycles. The molecule has 0 amide bonds. The van der Waals surface area contributed by atoms with Crippen LogP contribution in [0, 0.1) is 0 Å². The highest BCUT2D eigenvalue weighted by molar-refractivity contribution is 5.73. The minimum absolute atomic E-state index is 0.462. The Hall–Kier alpha value is -0.650. The number of carbonyl (C=O) groups excluding carboxylic acids is 1. The van der Waals surface area contributed by atoms with E-state index in [4.69, 9.17) is 9.62 Å². The van der Waals surface area contributed by atoms with Crippen molar-refractivity contribution in [3.05, 3.63) is 0 Å². The normalized spacial score (nSPS) is 13.5. The summed E-state index contributed by atoms with van der Waals surface area (Å²) in [4.78, 5) is 21.0. The fourth-order valence-corrected chi connectivity index (χ4v) is 1.07. The lowest BCUT2D eigenvalue weighted by Gasteiger charge is -2.17. The number of hydrogen-bond acceptors (Lipinski definition) is 5. The van der Waals surface area contributed by atoms with E-state index in [1.165, 1.54) is 0 Å². The van der Waals surface area contributed by atoms with Crippen molar-refractivity contribution in [2.45, 2.75) is 65.6 Å². The SMILES string of the molecule is CCCCC(OCC)C(=O)OOOC(C)(C)C. The summed E-state index contributed by atoms with van der Waals surface area (Å²) in [6, 6.07) is 0. The third-order valence-corrected chi connectivity index (χ3v) is 1.85. The zero-order chi connectivity index (χ0) is 13.3. The van der Waals surface area contributed by atoms with Crippen LogP contribution in [0.4, 0.5) is 0 Å². The molecule has 0 saturated heterocycles. The third kappa shape index (κ3) is 9.09. The monoisotopic (exact) mass is 248 g/mol. The van der Waals surface area contributed by atoms with E-state index in [9.17, 15) is 4.79 Å². The number of rotatable bonds is 8. The van der Waals surface area contributed by atoms with Crippen LogP contribution < -0.4 is 0 Å². The fourth-order valence-electron chi connectivity index (χ4n) is 1.07. The van der Waals surface area contributed by atoms with Crippen molar-refractivity contribution in [1.29, 1.82) is 0 Å². The standard InChI is InChI=1S/C12H24O5/c1-6-8-9-10(14-7-2)11(13)15-17-16-12(3,4)5/h10H,6-9H2,1-5H3. The van der Waals surface area contributed by atoms with Crippen molar-refractivity contribution in [3.63, 3.8) is 0 Å². The Balaban J connectivity index is 3.96. The van der Waals surface area contributed by atoms with Gasteiger partial charge in [0.1, 0.15) is 0 Å². The maximum absolute atomic E-state index is 11.6. The fraction of sp³-hybridized carbons (Fsp3) is 0.917. The highest BCUT2D eigenvalue weighted by atomic mass is 17.5. The average molecular weight is 248 g/mol. The molecule has 0 aliphatic carbocycles. The van der Waals surface area contributed by atoms with Gasteiger partial charge >= 0.3 is 5.97 Å². The van der Waals surface area contributed by atoms with Gasteiger partial charge in [0.2, 0.25) is 0 Å². The first kappa shape index (κ1) is 16.4. The molecule has 5 nitrogen and oxygen atoms in total. The van der Waals surface area contributed by atoms with Crippen molar-refractivity contribution in [1.82, 2.24) is 0 Å². The maximum Gasteiger partial charge on any atom is 0.374 e. The average Bonchev–Trinajstić information content (AvgIpc) is 2.22. The summed E-state index contributed by atoms with van der Waals surface area (Å²) in [5.74, 6) is -0.551. The van der Waals surface area contributed by atoms with Crippen molar-refractivity contribution >= 4 is 5.97 Å². The Labute approximate surface area is 103 Å². The lowest BCUT2D eigenvalue weighted by molar-refractivity contribution is -0.515. The molecule has 1 atom stereocenters. The second-order valence-corrected chi connectivity index (χ2v) is 4.75. The summed E-state index contributed by atoms with van der Waals surface area (Å²) < 4.78 is 5.28. The summed E-state index contributed by atoms with van der Waals surface area (Å²) in [6.07, 6.45) is 1.95. The van der Waals surface area contributed by atoms with Crippen molar-refractivity contribution < 1.29 is 24.3 Å². The smallest absolute Gasteiger partial charge is 0.367 e. The van der Waals surface area contributed by atoms with Gasteiger partial charge in [0.05, 0.1) is 5.60 Å². The predicted molar refractivity (Wildman–Crippen MR) is 63.0 cm³/mol. The van der Waals surface area contributed by atoms with Gasteiger partial charge in [0.25, 0.3) is 0 Å². The van der Waals surface area contributed by atoms with Crippen LogP contribution in [0.3, 0.4) is 0 Å². The van der Waals surface area contributed by atoms with Gasteiger partial charge < -0.3 is 4.74 Å². The Morgan fingerprint density at radius 1 is 1.24 bits per heavy atom. The van der Waals surface area contributed by atoms with E-state index in [0.717, 1.165) is 12.8 Å². The number of ether oxygens (including phenoxy) is 1. The van der Waals surface area contributed by atoms with Crippen LogP contribution in [-0.2, 0) is 24.3 Å². The molecule has 0 aromatic heterocycles. The summed E-state index contributed by atoms with van der Waals surface area (Å²) in [7, 11) is 0. The van der Waals surface area contributed by atoms with Crippen LogP contribution in [0.5, 0.6) is 0 Å². The zero-order valence-corrected chi connectivity index (χ0v) is 11.4. The van der Waals surface area contributed by atoms with Gasteiger partial charge in [-0.3, -0.25) is 4.89 Å². The van der Waals surface area contributed by atoms with Crippen LogP contribution in [-0.4, -0.2) is 24.3 Å². The Morgan fingerprint density at radius 3 is 2.35 bits per heavy atom. The van der Waals surface area contributed by atoms with Crippen LogP contribution >= 0.6 is 0 Å². The molecule has 0 aromatic rings. The second kappa shape index (κ2) is 8.44. The molecule has 0 spiro atoms. The Morgan fingerprint density at radius 2 is 1.88 bits per heavy atom. The van der Waals surface area contributed by atoms with Crippen molar-refractivity contribution in [3.8, 4) is 0 Å². The van der Waals surface area contributed by atoms with Crippen LogP contribution in [0.15, 0.2) is 0 Å². The number of unbranched alkanes of at least 4 members (excludes halogenated alkanes) is 1. The van der Waals surface area contributed by atoms with Gasteiger partial charge in [0, 0.05) is 6.61 Å². The molecule has 0 saturated carbocycles. The van der Waals surface area contributed by atoms with E-state index in [1.807, 2.05) is 13.8 Å². The summed E-state index contributed by atoms with van der Waals surface area (Å²) in [5.41, 5.74) is -0.523. The number of hydrogen-bond donors (Lipinski definition) is 0. The molecule has 1 unspecified atom stereocenters. The molecule has 0 aromatic carbocycles. The van der Waals surface area contributed by atoms with Crippen LogP contribution in [0.25, 0.3) is 0 Å². The van der Waals surface area contributed by atoms with Gasteiger partial charge in [-0.25, -0.2) is 4.79 Å². The highest BCUT2D eigenvalue weighted by Crippen LogP contribution is 2.10. The maximum atomic E-state index is 11.6. The highest BCUT2D eigenvalue weighted by Gasteiger charge is 2.22. The molecule has 0 radical (unpaired) electrons. The van der Waals surface area contributed by atoms with Crippen LogP contribution in [0.2, 0.25) is 0 Å². The van der Waals surface area contributed by atoms with Gasteiger partial charge in [-0.2, -0.15) is 4.89 Å². The van der Waals surface area contributed by atoms with E-state index in [2.05, 4.69) is 9.93 Å². The summed E-state index contributed by atoms with van der Waals surface area (Å²) >= 11 is 0. The van der Waals surface area contributed by atoms with E-state index in [0.29, 0.717) is 13.0 Å². The van der Waals surface area contributed by atoms with Gasteiger partial charge in [-0.1, -0.05) is 19.8 Å². The Bertz CT molecular complexity index is 209. The van der Waals surface area contributed by atoms with Gasteiger partial charge in [0.15, 0.2) is 6.10 Å². The minimum atomic E-state index is -0.580. The quantitative estimate of drug-likeness (QED) is 0.488. The lowest BCUT2D eigenvalue weighted by Crippen LogP contribution is -2.28. The first-order valence-electron chi connectivity index (χ1n) is 6.08.